The van der Waals surface area contributed by atoms with Crippen molar-refractivity contribution in [3.05, 3.63) is 23.8 Å². The van der Waals surface area contributed by atoms with E-state index in [-0.39, 0.29) is 25.5 Å². The van der Waals surface area contributed by atoms with Crippen molar-refractivity contribution in [3.63, 3.8) is 0 Å². The molecule has 6 heteroatoms. The van der Waals surface area contributed by atoms with Crippen LogP contribution in [0.4, 0.5) is 4.79 Å². The Balaban J connectivity index is 1.77. The molecule has 1 saturated heterocycles. The Kier molecular flexibility index (Phi) is 3.16. The average molecular weight is 265 g/mol. The van der Waals surface area contributed by atoms with Gasteiger partial charge in [-0.15, -0.1) is 0 Å². The minimum absolute atomic E-state index is 0.0559. The van der Waals surface area contributed by atoms with E-state index in [1.807, 2.05) is 18.2 Å². The molecule has 0 radical (unpaired) electrons. The highest BCUT2D eigenvalue weighted by molar-refractivity contribution is 5.69. The first-order chi connectivity index (χ1) is 9.28. The number of carbonyl (C=O) groups is 1. The third kappa shape index (κ3) is 2.31. The second kappa shape index (κ2) is 4.97. The van der Waals surface area contributed by atoms with E-state index < -0.39 is 0 Å². The molecule has 2 heterocycles. The van der Waals surface area contributed by atoms with Crippen LogP contribution in [0.15, 0.2) is 18.2 Å². The van der Waals surface area contributed by atoms with E-state index in [0.717, 1.165) is 5.56 Å². The number of hydrogen-bond acceptors (Lipinski definition) is 5. The van der Waals surface area contributed by atoms with Crippen LogP contribution in [0.3, 0.4) is 0 Å². The van der Waals surface area contributed by atoms with Crippen molar-refractivity contribution in [3.8, 4) is 11.5 Å². The number of rotatable bonds is 3. The molecule has 3 rings (SSSR count). The van der Waals surface area contributed by atoms with Gasteiger partial charge in [0.25, 0.3) is 0 Å². The fourth-order valence-electron chi connectivity index (χ4n) is 2.29. The van der Waals surface area contributed by atoms with E-state index in [0.29, 0.717) is 31.1 Å². The molecule has 6 nitrogen and oxygen atoms in total. The van der Waals surface area contributed by atoms with Gasteiger partial charge in [0.2, 0.25) is 6.79 Å². The molecule has 1 aromatic rings. The van der Waals surface area contributed by atoms with Gasteiger partial charge in [-0.05, 0) is 17.7 Å². The lowest BCUT2D eigenvalue weighted by Crippen LogP contribution is -2.46. The van der Waals surface area contributed by atoms with Crippen molar-refractivity contribution >= 4 is 6.09 Å². The maximum Gasteiger partial charge on any atom is 0.410 e. The predicted octanol–water partition coefficient (Wildman–Crippen LogP) is 1.12. The van der Waals surface area contributed by atoms with Crippen LogP contribution < -0.4 is 9.47 Å². The van der Waals surface area contributed by atoms with Crippen LogP contribution in [0.25, 0.3) is 0 Å². The molecule has 0 bridgehead atoms. The van der Waals surface area contributed by atoms with Crippen LogP contribution in [0.1, 0.15) is 12.0 Å². The SMILES string of the molecule is O=C1OCCC(CO)N1Cc1ccc2c(c1)OCO2. The van der Waals surface area contributed by atoms with Gasteiger partial charge in [-0.3, -0.25) is 4.90 Å². The maximum absolute atomic E-state index is 11.7. The number of hydrogen-bond donors (Lipinski definition) is 1. The quantitative estimate of drug-likeness (QED) is 0.887. The first-order valence-corrected chi connectivity index (χ1v) is 6.20. The third-order valence-corrected chi connectivity index (χ3v) is 3.35. The number of aliphatic hydroxyl groups is 1. The zero-order chi connectivity index (χ0) is 13.2. The van der Waals surface area contributed by atoms with Crippen LogP contribution >= 0.6 is 0 Å². The standard InChI is InChI=1S/C13H15NO5/c15-7-10-3-4-17-13(16)14(10)6-9-1-2-11-12(5-9)19-8-18-11/h1-2,5,10,15H,3-4,6-8H2. The normalized spacial score (nSPS) is 21.4. The summed E-state index contributed by atoms with van der Waals surface area (Å²) in [6, 6.07) is 5.36. The van der Waals surface area contributed by atoms with Crippen molar-refractivity contribution in [2.75, 3.05) is 20.0 Å². The molecule has 2 aliphatic rings. The monoisotopic (exact) mass is 265 g/mol. The van der Waals surface area contributed by atoms with Crippen LogP contribution in [-0.4, -0.2) is 42.1 Å². The summed E-state index contributed by atoms with van der Waals surface area (Å²) in [4.78, 5) is 13.3. The first-order valence-electron chi connectivity index (χ1n) is 6.20. The molecular weight excluding hydrogens is 250 g/mol. The smallest absolute Gasteiger partial charge is 0.410 e. The van der Waals surface area contributed by atoms with Gasteiger partial charge in [-0.1, -0.05) is 6.07 Å². The average Bonchev–Trinajstić information content (AvgIpc) is 2.88. The molecule has 102 valence electrons. The van der Waals surface area contributed by atoms with Crippen molar-refractivity contribution in [2.45, 2.75) is 19.0 Å². The maximum atomic E-state index is 11.7. The van der Waals surface area contributed by atoms with Gasteiger partial charge >= 0.3 is 6.09 Å². The molecule has 1 aromatic carbocycles. The minimum atomic E-state index is -0.386. The molecule has 1 N–H and O–H groups in total. The Morgan fingerprint density at radius 2 is 2.11 bits per heavy atom. The molecule has 0 aromatic heterocycles. The molecular formula is C13H15NO5. The topological polar surface area (TPSA) is 68.2 Å². The number of amides is 1. The summed E-state index contributed by atoms with van der Waals surface area (Å²) in [5.74, 6) is 1.40. The van der Waals surface area contributed by atoms with Crippen LogP contribution in [-0.2, 0) is 11.3 Å². The van der Waals surface area contributed by atoms with Crippen molar-refractivity contribution in [2.24, 2.45) is 0 Å². The Bertz CT molecular complexity index is 490. The highest BCUT2D eigenvalue weighted by atomic mass is 16.7. The van der Waals surface area contributed by atoms with E-state index in [1.54, 1.807) is 4.90 Å². The fraction of sp³-hybridized carbons (Fsp3) is 0.462. The number of aliphatic hydroxyl groups excluding tert-OH is 1. The van der Waals surface area contributed by atoms with Gasteiger partial charge in [0.05, 0.1) is 19.3 Å². The summed E-state index contributed by atoms with van der Waals surface area (Å²) in [5.41, 5.74) is 0.918. The van der Waals surface area contributed by atoms with Gasteiger partial charge in [0.1, 0.15) is 0 Å². The van der Waals surface area contributed by atoms with Gasteiger partial charge < -0.3 is 19.3 Å². The molecule has 0 aliphatic carbocycles. The predicted molar refractivity (Wildman–Crippen MR) is 64.9 cm³/mol. The van der Waals surface area contributed by atoms with Crippen LogP contribution in [0.2, 0.25) is 0 Å². The Hall–Kier alpha value is -1.95. The van der Waals surface area contributed by atoms with E-state index in [4.69, 9.17) is 14.2 Å². The second-order valence-electron chi connectivity index (χ2n) is 4.55. The van der Waals surface area contributed by atoms with E-state index in [2.05, 4.69) is 0 Å². The second-order valence-corrected chi connectivity index (χ2v) is 4.55. The lowest BCUT2D eigenvalue weighted by atomic mass is 10.1. The molecule has 19 heavy (non-hydrogen) atoms. The number of fused-ring (bicyclic) bond motifs is 1. The highest BCUT2D eigenvalue weighted by Gasteiger charge is 2.29. The van der Waals surface area contributed by atoms with Crippen molar-refractivity contribution in [1.29, 1.82) is 0 Å². The summed E-state index contributed by atoms with van der Waals surface area (Å²) in [7, 11) is 0. The molecule has 1 atom stereocenters. The molecule has 1 unspecified atom stereocenters. The molecule has 0 spiro atoms. The fourth-order valence-corrected chi connectivity index (χ4v) is 2.29. The van der Waals surface area contributed by atoms with E-state index in [9.17, 15) is 9.90 Å². The lowest BCUT2D eigenvalue weighted by molar-refractivity contribution is 0.0215. The summed E-state index contributed by atoms with van der Waals surface area (Å²) in [5, 5.41) is 9.32. The first kappa shape index (κ1) is 12.1. The zero-order valence-electron chi connectivity index (χ0n) is 10.4. The summed E-state index contributed by atoms with van der Waals surface area (Å²) >= 11 is 0. The Morgan fingerprint density at radius 1 is 1.26 bits per heavy atom. The minimum Gasteiger partial charge on any atom is -0.454 e. The molecule has 0 saturated carbocycles. The molecule has 2 aliphatic heterocycles. The highest BCUT2D eigenvalue weighted by Crippen LogP contribution is 2.33. The summed E-state index contributed by atoms with van der Waals surface area (Å²) in [6.07, 6.45) is 0.259. The van der Waals surface area contributed by atoms with Crippen LogP contribution in [0, 0.1) is 0 Å². The van der Waals surface area contributed by atoms with Gasteiger partial charge in [-0.25, -0.2) is 4.79 Å². The Labute approximate surface area is 110 Å². The molecule has 1 amide bonds. The van der Waals surface area contributed by atoms with Gasteiger partial charge in [0.15, 0.2) is 11.5 Å². The zero-order valence-corrected chi connectivity index (χ0v) is 10.4. The van der Waals surface area contributed by atoms with Gasteiger partial charge in [-0.2, -0.15) is 0 Å². The number of carbonyl (C=O) groups excluding carboxylic acids is 1. The number of nitrogens with zero attached hydrogens (tertiary/aromatic N) is 1. The van der Waals surface area contributed by atoms with Crippen molar-refractivity contribution < 1.29 is 24.1 Å². The number of benzene rings is 1. The molecule has 1 fully saturated rings. The summed E-state index contributed by atoms with van der Waals surface area (Å²) in [6.45, 7) is 0.922. The third-order valence-electron chi connectivity index (χ3n) is 3.35. The summed E-state index contributed by atoms with van der Waals surface area (Å²) < 4.78 is 15.5. The lowest BCUT2D eigenvalue weighted by Gasteiger charge is -2.33. The van der Waals surface area contributed by atoms with E-state index >= 15 is 0 Å². The van der Waals surface area contributed by atoms with Crippen LogP contribution in [0.5, 0.6) is 11.5 Å². The number of ether oxygens (including phenoxy) is 3. The van der Waals surface area contributed by atoms with E-state index in [1.165, 1.54) is 0 Å². The largest absolute Gasteiger partial charge is 0.454 e. The Morgan fingerprint density at radius 3 is 2.95 bits per heavy atom. The van der Waals surface area contributed by atoms with Crippen molar-refractivity contribution in [1.82, 2.24) is 4.90 Å². The number of cyclic esters (lactones) is 1. The van der Waals surface area contributed by atoms with Gasteiger partial charge in [0, 0.05) is 13.0 Å².